The molecule has 0 fully saturated rings. The van der Waals surface area contributed by atoms with Gasteiger partial charge in [-0.3, -0.25) is 0 Å². The molecule has 2 N–H and O–H groups in total. The topological polar surface area (TPSA) is 84.9 Å². The molecule has 0 amide bonds. The Balaban J connectivity index is 1.62. The highest BCUT2D eigenvalue weighted by Gasteiger charge is 2.19. The summed E-state index contributed by atoms with van der Waals surface area (Å²) in [7, 11) is -3.77. The molecule has 134 valence electrons. The van der Waals surface area contributed by atoms with Gasteiger partial charge in [0.1, 0.15) is 5.82 Å². The molecule has 25 heavy (non-hydrogen) atoms. The maximum atomic E-state index is 13.1. The highest BCUT2D eigenvalue weighted by molar-refractivity contribution is 7.89. The third-order valence-corrected chi connectivity index (χ3v) is 5.54. The van der Waals surface area contributed by atoms with E-state index in [0.717, 1.165) is 12.1 Å². The first-order valence-electron chi connectivity index (χ1n) is 7.70. The lowest BCUT2D eigenvalue weighted by molar-refractivity contribution is 0.166. The molecule has 3 rings (SSSR count). The summed E-state index contributed by atoms with van der Waals surface area (Å²) in [5.74, 6) is 0.678. The van der Waals surface area contributed by atoms with Crippen molar-refractivity contribution in [1.29, 1.82) is 0 Å². The lowest BCUT2D eigenvalue weighted by Gasteiger charge is -2.13. The number of hydrogen-bond donors (Lipinski definition) is 2. The average Bonchev–Trinajstić information content (AvgIpc) is 3.01. The molecule has 0 saturated carbocycles. The Kier molecular flexibility index (Phi) is 4.94. The molecular formula is C17H18FNO5S. The van der Waals surface area contributed by atoms with Gasteiger partial charge in [0.25, 0.3) is 0 Å². The third-order valence-electron chi connectivity index (χ3n) is 3.92. The second-order valence-electron chi connectivity index (χ2n) is 5.72. The summed E-state index contributed by atoms with van der Waals surface area (Å²) in [4.78, 5) is 0.0199. The summed E-state index contributed by atoms with van der Waals surface area (Å²) in [5, 5.41) is 10.2. The molecule has 2 aromatic rings. The zero-order chi connectivity index (χ0) is 18.0. The van der Waals surface area contributed by atoms with Crippen LogP contribution >= 0.6 is 0 Å². The number of nitrogens with one attached hydrogen (secondary N) is 1. The zero-order valence-electron chi connectivity index (χ0n) is 13.5. The minimum atomic E-state index is -3.77. The fourth-order valence-electron chi connectivity index (χ4n) is 2.61. The first-order chi connectivity index (χ1) is 11.9. The van der Waals surface area contributed by atoms with Crippen LogP contribution in [0, 0.1) is 12.7 Å². The van der Waals surface area contributed by atoms with Crippen molar-refractivity contribution in [3.63, 3.8) is 0 Å². The number of aryl methyl sites for hydroxylation is 1. The van der Waals surface area contributed by atoms with E-state index in [0.29, 0.717) is 22.6 Å². The monoisotopic (exact) mass is 367 g/mol. The Bertz CT molecular complexity index is 885. The highest BCUT2D eigenvalue weighted by atomic mass is 32.2. The van der Waals surface area contributed by atoms with Crippen molar-refractivity contribution in [3.05, 3.63) is 53.3 Å². The predicted molar refractivity (Wildman–Crippen MR) is 88.5 cm³/mol. The number of sulfonamides is 1. The maximum Gasteiger partial charge on any atom is 0.240 e. The summed E-state index contributed by atoms with van der Waals surface area (Å²) >= 11 is 0. The van der Waals surface area contributed by atoms with Gasteiger partial charge < -0.3 is 14.6 Å². The Hall–Kier alpha value is -2.16. The Morgan fingerprint density at radius 3 is 2.72 bits per heavy atom. The van der Waals surface area contributed by atoms with Crippen LogP contribution in [0.4, 0.5) is 4.39 Å². The number of benzene rings is 2. The SMILES string of the molecule is Cc1cc(F)ccc1S(=O)(=O)NCCC(O)c1ccc2c(c1)OCO2. The van der Waals surface area contributed by atoms with Crippen LogP contribution in [0.15, 0.2) is 41.3 Å². The van der Waals surface area contributed by atoms with E-state index in [-0.39, 0.29) is 24.7 Å². The van der Waals surface area contributed by atoms with Crippen molar-refractivity contribution >= 4 is 10.0 Å². The number of aliphatic hydroxyl groups excluding tert-OH is 1. The molecule has 0 radical (unpaired) electrons. The van der Waals surface area contributed by atoms with Crippen LogP contribution in [-0.2, 0) is 10.0 Å². The van der Waals surface area contributed by atoms with E-state index in [1.165, 1.54) is 13.0 Å². The third kappa shape index (κ3) is 3.92. The van der Waals surface area contributed by atoms with Gasteiger partial charge in [-0.1, -0.05) is 6.07 Å². The first-order valence-corrected chi connectivity index (χ1v) is 9.18. The quantitative estimate of drug-likeness (QED) is 0.818. The molecule has 2 aromatic carbocycles. The molecular weight excluding hydrogens is 349 g/mol. The number of ether oxygens (including phenoxy) is 2. The highest BCUT2D eigenvalue weighted by Crippen LogP contribution is 2.34. The summed E-state index contributed by atoms with van der Waals surface area (Å²) in [6, 6.07) is 8.57. The molecule has 6 nitrogen and oxygen atoms in total. The summed E-state index contributed by atoms with van der Waals surface area (Å²) < 4.78 is 50.6. The minimum absolute atomic E-state index is 0.0199. The molecule has 0 aliphatic carbocycles. The van der Waals surface area contributed by atoms with Gasteiger partial charge in [-0.25, -0.2) is 17.5 Å². The van der Waals surface area contributed by atoms with Gasteiger partial charge in [0.05, 0.1) is 11.0 Å². The van der Waals surface area contributed by atoms with E-state index in [2.05, 4.69) is 4.72 Å². The molecule has 8 heteroatoms. The van der Waals surface area contributed by atoms with E-state index in [1.807, 2.05) is 0 Å². The largest absolute Gasteiger partial charge is 0.454 e. The number of hydrogen-bond acceptors (Lipinski definition) is 5. The van der Waals surface area contributed by atoms with Crippen LogP contribution in [0.1, 0.15) is 23.7 Å². The smallest absolute Gasteiger partial charge is 0.240 e. The van der Waals surface area contributed by atoms with Gasteiger partial charge >= 0.3 is 0 Å². The van der Waals surface area contributed by atoms with Crippen LogP contribution in [0.3, 0.4) is 0 Å². The molecule has 0 bridgehead atoms. The van der Waals surface area contributed by atoms with Crippen molar-refractivity contribution < 1.29 is 27.4 Å². The normalized spacial score (nSPS) is 14.5. The van der Waals surface area contributed by atoms with Crippen molar-refractivity contribution in [2.75, 3.05) is 13.3 Å². The minimum Gasteiger partial charge on any atom is -0.454 e. The van der Waals surface area contributed by atoms with E-state index in [9.17, 15) is 17.9 Å². The summed E-state index contributed by atoms with van der Waals surface area (Å²) in [6.07, 6.45) is -0.675. The van der Waals surface area contributed by atoms with Crippen LogP contribution in [-0.4, -0.2) is 26.9 Å². The van der Waals surface area contributed by atoms with E-state index in [4.69, 9.17) is 9.47 Å². The number of aliphatic hydroxyl groups is 1. The van der Waals surface area contributed by atoms with Crippen LogP contribution < -0.4 is 14.2 Å². The molecule has 1 aliphatic rings. The Morgan fingerprint density at radius 2 is 1.96 bits per heavy atom. The molecule has 1 unspecified atom stereocenters. The van der Waals surface area contributed by atoms with Gasteiger partial charge in [0.2, 0.25) is 16.8 Å². The second kappa shape index (κ2) is 6.99. The van der Waals surface area contributed by atoms with E-state index in [1.54, 1.807) is 18.2 Å². The van der Waals surface area contributed by atoms with Crippen molar-refractivity contribution in [1.82, 2.24) is 4.72 Å². The fourth-order valence-corrected chi connectivity index (χ4v) is 3.88. The van der Waals surface area contributed by atoms with Gasteiger partial charge in [0, 0.05) is 6.54 Å². The van der Waals surface area contributed by atoms with Gasteiger partial charge in [-0.2, -0.15) is 0 Å². The Morgan fingerprint density at radius 1 is 1.20 bits per heavy atom. The van der Waals surface area contributed by atoms with Crippen LogP contribution in [0.25, 0.3) is 0 Å². The molecule has 1 aliphatic heterocycles. The predicted octanol–water partition coefficient (Wildman–Crippen LogP) is 2.26. The van der Waals surface area contributed by atoms with Crippen molar-refractivity contribution in [2.45, 2.75) is 24.3 Å². The second-order valence-corrected chi connectivity index (χ2v) is 7.46. The molecule has 1 atom stereocenters. The number of halogens is 1. The summed E-state index contributed by atoms with van der Waals surface area (Å²) in [5.41, 5.74) is 0.935. The standard InChI is InChI=1S/C17H18FNO5S/c1-11-8-13(18)3-5-17(11)25(21,22)19-7-6-14(20)12-2-4-15-16(9-12)24-10-23-15/h2-5,8-9,14,19-20H,6-7,10H2,1H3. The molecule has 1 heterocycles. The van der Waals surface area contributed by atoms with Gasteiger partial charge in [-0.05, 0) is 54.8 Å². The van der Waals surface area contributed by atoms with E-state index < -0.39 is 21.9 Å². The summed E-state index contributed by atoms with van der Waals surface area (Å²) in [6.45, 7) is 1.71. The molecule has 0 aromatic heterocycles. The lowest BCUT2D eigenvalue weighted by Crippen LogP contribution is -2.26. The molecule has 0 spiro atoms. The zero-order valence-corrected chi connectivity index (χ0v) is 14.3. The van der Waals surface area contributed by atoms with Gasteiger partial charge in [0.15, 0.2) is 11.5 Å². The van der Waals surface area contributed by atoms with Crippen LogP contribution in [0.5, 0.6) is 11.5 Å². The lowest BCUT2D eigenvalue weighted by atomic mass is 10.1. The van der Waals surface area contributed by atoms with E-state index >= 15 is 0 Å². The van der Waals surface area contributed by atoms with Gasteiger partial charge in [-0.15, -0.1) is 0 Å². The van der Waals surface area contributed by atoms with Crippen LogP contribution in [0.2, 0.25) is 0 Å². The fraction of sp³-hybridized carbons (Fsp3) is 0.294. The number of fused-ring (bicyclic) bond motifs is 1. The molecule has 0 saturated heterocycles. The average molecular weight is 367 g/mol. The first kappa shape index (κ1) is 17.7. The van der Waals surface area contributed by atoms with Crippen molar-refractivity contribution in [2.24, 2.45) is 0 Å². The van der Waals surface area contributed by atoms with Crippen molar-refractivity contribution in [3.8, 4) is 11.5 Å². The number of rotatable bonds is 6. The Labute approximate surface area is 145 Å². The maximum absolute atomic E-state index is 13.1.